The van der Waals surface area contributed by atoms with E-state index in [1.807, 2.05) is 0 Å². The Hall–Kier alpha value is -1.27. The molecule has 0 aliphatic carbocycles. The Morgan fingerprint density at radius 3 is 2.50 bits per heavy atom. The van der Waals surface area contributed by atoms with Crippen molar-refractivity contribution in [1.82, 2.24) is 0 Å². The van der Waals surface area contributed by atoms with E-state index in [4.69, 9.17) is 10.8 Å². The number of nitrogens with two attached hydrogens (primary N) is 1. The molecule has 0 fully saturated rings. The minimum atomic E-state index is -4.40. The van der Waals surface area contributed by atoms with E-state index in [0.717, 1.165) is 12.1 Å². The van der Waals surface area contributed by atoms with E-state index in [1.54, 1.807) is 0 Å². The zero-order valence-electron chi connectivity index (χ0n) is 9.28. The number of carbonyl (C=O) groups is 1. The molecule has 0 heterocycles. The maximum absolute atomic E-state index is 12.4. The number of aliphatic carboxylic acids is 1. The van der Waals surface area contributed by atoms with Crippen LogP contribution in [0.4, 0.5) is 13.2 Å². The van der Waals surface area contributed by atoms with Gasteiger partial charge in [0.15, 0.2) is 0 Å². The summed E-state index contributed by atoms with van der Waals surface area (Å²) in [7, 11) is 0. The quantitative estimate of drug-likeness (QED) is 0.892. The molecular weight excluding hydrogens is 271 g/mol. The molecule has 1 atom stereocenters. The minimum Gasteiger partial charge on any atom is -0.481 e. The molecule has 0 bridgehead atoms. The predicted molar refractivity (Wildman–Crippen MR) is 62.6 cm³/mol. The molecule has 0 amide bonds. The van der Waals surface area contributed by atoms with Gasteiger partial charge in [0.1, 0.15) is 0 Å². The van der Waals surface area contributed by atoms with E-state index in [1.165, 1.54) is 12.1 Å². The SMILES string of the molecule is Cl.N[C@@H](CC(=O)O)Cc1cccc(C(F)(F)F)c1. The van der Waals surface area contributed by atoms with E-state index >= 15 is 0 Å². The van der Waals surface area contributed by atoms with Crippen LogP contribution in [0.5, 0.6) is 0 Å². The van der Waals surface area contributed by atoms with Gasteiger partial charge in [-0.3, -0.25) is 4.79 Å². The molecule has 0 aliphatic heterocycles. The van der Waals surface area contributed by atoms with Gasteiger partial charge in [0.25, 0.3) is 0 Å². The summed E-state index contributed by atoms with van der Waals surface area (Å²) >= 11 is 0. The first-order chi connectivity index (χ1) is 7.79. The van der Waals surface area contributed by atoms with Crippen molar-refractivity contribution < 1.29 is 23.1 Å². The number of alkyl halides is 3. The molecule has 0 aliphatic rings. The molecule has 102 valence electrons. The van der Waals surface area contributed by atoms with E-state index in [9.17, 15) is 18.0 Å². The molecule has 0 saturated carbocycles. The molecule has 0 spiro atoms. The summed E-state index contributed by atoms with van der Waals surface area (Å²) < 4.78 is 37.2. The largest absolute Gasteiger partial charge is 0.481 e. The third kappa shape index (κ3) is 5.37. The lowest BCUT2D eigenvalue weighted by atomic mass is 10.0. The van der Waals surface area contributed by atoms with Crippen LogP contribution < -0.4 is 5.73 Å². The number of hydrogen-bond donors (Lipinski definition) is 2. The van der Waals surface area contributed by atoms with Gasteiger partial charge in [0.05, 0.1) is 12.0 Å². The Labute approximate surface area is 108 Å². The summed E-state index contributed by atoms with van der Waals surface area (Å²) in [5, 5.41) is 8.49. The fraction of sp³-hybridized carbons (Fsp3) is 0.364. The van der Waals surface area contributed by atoms with Crippen LogP contribution in [0, 0.1) is 0 Å². The van der Waals surface area contributed by atoms with Gasteiger partial charge in [-0.2, -0.15) is 13.2 Å². The van der Waals surface area contributed by atoms with Crippen LogP contribution in [0.3, 0.4) is 0 Å². The monoisotopic (exact) mass is 283 g/mol. The average molecular weight is 284 g/mol. The highest BCUT2D eigenvalue weighted by Crippen LogP contribution is 2.29. The van der Waals surface area contributed by atoms with E-state index in [-0.39, 0.29) is 25.2 Å². The molecule has 0 radical (unpaired) electrons. The van der Waals surface area contributed by atoms with Crippen molar-refractivity contribution in [2.45, 2.75) is 25.1 Å². The average Bonchev–Trinajstić information content (AvgIpc) is 2.15. The van der Waals surface area contributed by atoms with Crippen molar-refractivity contribution in [1.29, 1.82) is 0 Å². The van der Waals surface area contributed by atoms with Crippen LogP contribution in [0.25, 0.3) is 0 Å². The van der Waals surface area contributed by atoms with Gasteiger partial charge in [-0.15, -0.1) is 12.4 Å². The van der Waals surface area contributed by atoms with Crippen molar-refractivity contribution in [3.63, 3.8) is 0 Å². The van der Waals surface area contributed by atoms with Gasteiger partial charge in [-0.25, -0.2) is 0 Å². The molecule has 1 aromatic carbocycles. The zero-order valence-corrected chi connectivity index (χ0v) is 10.1. The van der Waals surface area contributed by atoms with Crippen LogP contribution in [0.15, 0.2) is 24.3 Å². The Kier molecular flexibility index (Phi) is 6.14. The number of benzene rings is 1. The molecule has 18 heavy (non-hydrogen) atoms. The molecule has 0 saturated heterocycles. The molecular formula is C11H13ClF3NO2. The standard InChI is InChI=1S/C11H12F3NO2.ClH/c12-11(13,14)8-3-1-2-7(4-8)5-9(15)6-10(16)17;/h1-4,9H,5-6,15H2,(H,16,17);1H/t9-;/m1./s1. The summed E-state index contributed by atoms with van der Waals surface area (Å²) in [6.07, 6.45) is -4.56. The Morgan fingerprint density at radius 2 is 2.00 bits per heavy atom. The molecule has 0 aromatic heterocycles. The van der Waals surface area contributed by atoms with Gasteiger partial charge in [-0.05, 0) is 18.1 Å². The van der Waals surface area contributed by atoms with Gasteiger partial charge in [0, 0.05) is 6.04 Å². The predicted octanol–water partition coefficient (Wildman–Crippen LogP) is 2.47. The first-order valence-corrected chi connectivity index (χ1v) is 4.92. The summed E-state index contributed by atoms with van der Waals surface area (Å²) in [6.45, 7) is 0. The molecule has 3 nitrogen and oxygen atoms in total. The molecule has 7 heteroatoms. The van der Waals surface area contributed by atoms with Crippen LogP contribution in [0.1, 0.15) is 17.5 Å². The van der Waals surface area contributed by atoms with Crippen molar-refractivity contribution in [2.75, 3.05) is 0 Å². The van der Waals surface area contributed by atoms with Crippen LogP contribution in [0.2, 0.25) is 0 Å². The first-order valence-electron chi connectivity index (χ1n) is 4.92. The summed E-state index contributed by atoms with van der Waals surface area (Å²) in [4.78, 5) is 10.4. The summed E-state index contributed by atoms with van der Waals surface area (Å²) in [6, 6.07) is 4.05. The molecule has 0 unspecified atom stereocenters. The van der Waals surface area contributed by atoms with Crippen LogP contribution >= 0.6 is 12.4 Å². The van der Waals surface area contributed by atoms with Gasteiger partial charge < -0.3 is 10.8 Å². The maximum Gasteiger partial charge on any atom is 0.416 e. The van der Waals surface area contributed by atoms with Crippen LogP contribution in [-0.4, -0.2) is 17.1 Å². The fourth-order valence-electron chi connectivity index (χ4n) is 1.47. The number of carboxylic acids is 1. The second-order valence-corrected chi connectivity index (χ2v) is 3.76. The Bertz CT molecular complexity index is 410. The number of rotatable bonds is 4. The molecule has 1 aromatic rings. The van der Waals surface area contributed by atoms with Crippen molar-refractivity contribution >= 4 is 18.4 Å². The second-order valence-electron chi connectivity index (χ2n) is 3.76. The maximum atomic E-state index is 12.4. The fourth-order valence-corrected chi connectivity index (χ4v) is 1.47. The lowest BCUT2D eigenvalue weighted by Crippen LogP contribution is -2.26. The lowest BCUT2D eigenvalue weighted by molar-refractivity contribution is -0.138. The third-order valence-corrected chi connectivity index (χ3v) is 2.19. The highest BCUT2D eigenvalue weighted by Gasteiger charge is 2.30. The third-order valence-electron chi connectivity index (χ3n) is 2.19. The van der Waals surface area contributed by atoms with Gasteiger partial charge in [-0.1, -0.05) is 18.2 Å². The molecule has 1 rings (SSSR count). The summed E-state index contributed by atoms with van der Waals surface area (Å²) in [5.74, 6) is -1.07. The van der Waals surface area contributed by atoms with E-state index in [0.29, 0.717) is 5.56 Å². The van der Waals surface area contributed by atoms with E-state index < -0.39 is 23.8 Å². The highest BCUT2D eigenvalue weighted by atomic mass is 35.5. The highest BCUT2D eigenvalue weighted by molar-refractivity contribution is 5.85. The number of carboxylic acid groups (broad SMARTS) is 1. The zero-order chi connectivity index (χ0) is 13.1. The van der Waals surface area contributed by atoms with Gasteiger partial charge >= 0.3 is 12.1 Å². The minimum absolute atomic E-state index is 0. The topological polar surface area (TPSA) is 63.3 Å². The lowest BCUT2D eigenvalue weighted by Gasteiger charge is -2.11. The smallest absolute Gasteiger partial charge is 0.416 e. The summed E-state index contributed by atoms with van der Waals surface area (Å²) in [5.41, 5.74) is 5.13. The molecule has 3 N–H and O–H groups in total. The Morgan fingerprint density at radius 1 is 1.39 bits per heavy atom. The van der Waals surface area contributed by atoms with Crippen molar-refractivity contribution in [2.24, 2.45) is 5.73 Å². The number of halogens is 4. The number of hydrogen-bond acceptors (Lipinski definition) is 2. The Balaban J connectivity index is 0.00000289. The first kappa shape index (κ1) is 16.7. The van der Waals surface area contributed by atoms with Crippen molar-refractivity contribution in [3.05, 3.63) is 35.4 Å². The van der Waals surface area contributed by atoms with E-state index in [2.05, 4.69) is 0 Å². The van der Waals surface area contributed by atoms with Gasteiger partial charge in [0.2, 0.25) is 0 Å². The van der Waals surface area contributed by atoms with Crippen LogP contribution in [-0.2, 0) is 17.4 Å². The normalized spacial score (nSPS) is 12.7. The van der Waals surface area contributed by atoms with Crippen molar-refractivity contribution in [3.8, 4) is 0 Å². The second kappa shape index (κ2) is 6.61.